The van der Waals surface area contributed by atoms with Crippen molar-refractivity contribution >= 4 is 14.3 Å². The topological polar surface area (TPSA) is 12.4 Å². The average molecular weight is 296 g/mol. The van der Waals surface area contributed by atoms with E-state index < -0.39 is 8.07 Å². The van der Waals surface area contributed by atoms with Crippen LogP contribution in [0.4, 0.5) is 0 Å². The molecule has 0 aromatic rings. The first-order valence-electron chi connectivity index (χ1n) is 8.83. The van der Waals surface area contributed by atoms with E-state index in [9.17, 15) is 0 Å². The second-order valence-electron chi connectivity index (χ2n) is 6.18. The fourth-order valence-corrected chi connectivity index (χ4v) is 8.07. The molecule has 0 unspecified atom stereocenters. The van der Waals surface area contributed by atoms with Crippen LogP contribution in [-0.2, 0) is 0 Å². The molecule has 0 amide bonds. The standard InChI is InChI=1S/C18H37NSi/c1-5-9-10-11-13-19-14-12-18-20(15-6-2,16-7-3)17-8-4/h6,14H,2,5,7-13,15-18H2,1,3-4H3. The van der Waals surface area contributed by atoms with Crippen LogP contribution >= 0.6 is 0 Å². The Morgan fingerprint density at radius 3 is 2.15 bits per heavy atom. The monoisotopic (exact) mass is 295 g/mol. The maximum atomic E-state index is 4.60. The highest BCUT2D eigenvalue weighted by molar-refractivity contribution is 6.80. The Bertz CT molecular complexity index is 242. The van der Waals surface area contributed by atoms with Crippen LogP contribution in [0.1, 0.15) is 65.7 Å². The molecule has 0 saturated heterocycles. The van der Waals surface area contributed by atoms with Crippen molar-refractivity contribution in [2.45, 2.75) is 89.9 Å². The summed E-state index contributed by atoms with van der Waals surface area (Å²) in [6.07, 6.45) is 13.6. The van der Waals surface area contributed by atoms with Crippen LogP contribution in [0.3, 0.4) is 0 Å². The van der Waals surface area contributed by atoms with Gasteiger partial charge in [-0.25, -0.2) is 0 Å². The van der Waals surface area contributed by atoms with E-state index in [0.717, 1.165) is 6.54 Å². The van der Waals surface area contributed by atoms with Crippen molar-refractivity contribution in [1.82, 2.24) is 0 Å². The molecule has 0 aliphatic heterocycles. The highest BCUT2D eigenvalue weighted by atomic mass is 28.3. The molecule has 0 aromatic carbocycles. The van der Waals surface area contributed by atoms with Crippen LogP contribution in [0.15, 0.2) is 17.6 Å². The van der Waals surface area contributed by atoms with E-state index in [2.05, 4.69) is 44.6 Å². The zero-order chi connectivity index (χ0) is 15.1. The smallest absolute Gasteiger partial charge is 0.0576 e. The van der Waals surface area contributed by atoms with Crippen LogP contribution in [0.2, 0.25) is 24.2 Å². The Labute approximate surface area is 129 Å². The van der Waals surface area contributed by atoms with E-state index >= 15 is 0 Å². The van der Waals surface area contributed by atoms with Gasteiger partial charge in [0.15, 0.2) is 0 Å². The molecular formula is C18H37NSi. The molecule has 0 heterocycles. The van der Waals surface area contributed by atoms with Crippen LogP contribution in [-0.4, -0.2) is 20.8 Å². The van der Waals surface area contributed by atoms with Gasteiger partial charge in [-0.2, -0.15) is 0 Å². The highest BCUT2D eigenvalue weighted by Crippen LogP contribution is 2.30. The van der Waals surface area contributed by atoms with Gasteiger partial charge in [-0.05, 0) is 25.1 Å². The second-order valence-corrected chi connectivity index (χ2v) is 11.1. The largest absolute Gasteiger partial charge is 0.298 e. The molecule has 0 fully saturated rings. The summed E-state index contributed by atoms with van der Waals surface area (Å²) < 4.78 is 0. The summed E-state index contributed by atoms with van der Waals surface area (Å²) in [4.78, 5) is 4.60. The first-order chi connectivity index (χ1) is 9.74. The normalized spacial score (nSPS) is 12.2. The number of unbranched alkanes of at least 4 members (excludes halogenated alkanes) is 3. The predicted octanol–water partition coefficient (Wildman–Crippen LogP) is 6.48. The number of aliphatic imine (C=N–C) groups is 1. The fraction of sp³-hybridized carbons (Fsp3) is 0.833. The van der Waals surface area contributed by atoms with Gasteiger partial charge in [-0.3, -0.25) is 4.99 Å². The summed E-state index contributed by atoms with van der Waals surface area (Å²) in [5, 5.41) is 0. The molecule has 0 rings (SSSR count). The Kier molecular flexibility index (Phi) is 13.3. The van der Waals surface area contributed by atoms with E-state index in [1.807, 2.05) is 0 Å². The first kappa shape index (κ1) is 19.6. The van der Waals surface area contributed by atoms with E-state index in [4.69, 9.17) is 0 Å². The van der Waals surface area contributed by atoms with Gasteiger partial charge < -0.3 is 0 Å². The molecule has 20 heavy (non-hydrogen) atoms. The van der Waals surface area contributed by atoms with Crippen molar-refractivity contribution < 1.29 is 0 Å². The van der Waals surface area contributed by atoms with Gasteiger partial charge in [-0.15, -0.1) is 6.58 Å². The average Bonchev–Trinajstić information content (AvgIpc) is 2.43. The number of rotatable bonds is 14. The summed E-state index contributed by atoms with van der Waals surface area (Å²) in [6.45, 7) is 12.0. The van der Waals surface area contributed by atoms with E-state index in [1.54, 1.807) is 0 Å². The molecule has 0 aromatic heterocycles. The SMILES string of the molecule is C=CC[Si](CCC)(CCC)CCC=NCCCCCC. The van der Waals surface area contributed by atoms with Crippen molar-refractivity contribution in [3.8, 4) is 0 Å². The summed E-state index contributed by atoms with van der Waals surface area (Å²) in [7, 11) is -1.09. The van der Waals surface area contributed by atoms with E-state index in [1.165, 1.54) is 69.1 Å². The number of allylic oxidation sites excluding steroid dienone is 1. The molecule has 0 N–H and O–H groups in total. The van der Waals surface area contributed by atoms with Crippen LogP contribution in [0.25, 0.3) is 0 Å². The zero-order valence-corrected chi connectivity index (χ0v) is 15.3. The van der Waals surface area contributed by atoms with Gasteiger partial charge in [0, 0.05) is 6.54 Å². The second kappa shape index (κ2) is 13.6. The molecule has 0 saturated carbocycles. The Morgan fingerprint density at radius 1 is 0.900 bits per heavy atom. The third-order valence-electron chi connectivity index (χ3n) is 4.21. The highest BCUT2D eigenvalue weighted by Gasteiger charge is 2.28. The predicted molar refractivity (Wildman–Crippen MR) is 97.9 cm³/mol. The minimum absolute atomic E-state index is 1.04. The quantitative estimate of drug-likeness (QED) is 0.150. The molecule has 0 atom stereocenters. The lowest BCUT2D eigenvalue weighted by Crippen LogP contribution is -2.32. The summed E-state index contributed by atoms with van der Waals surface area (Å²) in [6, 6.07) is 5.66. The summed E-state index contributed by atoms with van der Waals surface area (Å²) >= 11 is 0. The lowest BCUT2D eigenvalue weighted by Gasteiger charge is -2.30. The molecule has 0 spiro atoms. The number of hydrogen-bond donors (Lipinski definition) is 0. The molecule has 1 nitrogen and oxygen atoms in total. The Hall–Kier alpha value is -0.373. The van der Waals surface area contributed by atoms with E-state index in [0.29, 0.717) is 0 Å². The maximum Gasteiger partial charge on any atom is 0.0576 e. The van der Waals surface area contributed by atoms with Gasteiger partial charge in [0.25, 0.3) is 0 Å². The zero-order valence-electron chi connectivity index (χ0n) is 14.3. The first-order valence-corrected chi connectivity index (χ1v) is 11.7. The minimum Gasteiger partial charge on any atom is -0.298 e. The van der Waals surface area contributed by atoms with Gasteiger partial charge in [0.05, 0.1) is 8.07 Å². The summed E-state index contributed by atoms with van der Waals surface area (Å²) in [5.74, 6) is 0. The Morgan fingerprint density at radius 2 is 1.60 bits per heavy atom. The molecular weight excluding hydrogens is 258 g/mol. The fourth-order valence-electron chi connectivity index (χ4n) is 3.23. The van der Waals surface area contributed by atoms with Gasteiger partial charge in [0.1, 0.15) is 0 Å². The maximum absolute atomic E-state index is 4.60. The van der Waals surface area contributed by atoms with Crippen LogP contribution < -0.4 is 0 Å². The number of nitrogens with zero attached hydrogens (tertiary/aromatic N) is 1. The van der Waals surface area contributed by atoms with Crippen molar-refractivity contribution in [3.05, 3.63) is 12.7 Å². The van der Waals surface area contributed by atoms with Gasteiger partial charge in [-0.1, -0.05) is 77.1 Å². The molecule has 2 heteroatoms. The Balaban J connectivity index is 4.04. The lowest BCUT2D eigenvalue weighted by molar-refractivity contribution is 0.675. The molecule has 0 aliphatic carbocycles. The van der Waals surface area contributed by atoms with Crippen molar-refractivity contribution in [1.29, 1.82) is 0 Å². The van der Waals surface area contributed by atoms with Crippen LogP contribution in [0, 0.1) is 0 Å². The molecule has 0 bridgehead atoms. The van der Waals surface area contributed by atoms with Crippen molar-refractivity contribution in [2.24, 2.45) is 4.99 Å². The third-order valence-corrected chi connectivity index (χ3v) is 9.84. The molecule has 118 valence electrons. The lowest BCUT2D eigenvalue weighted by atomic mass is 10.2. The van der Waals surface area contributed by atoms with Crippen LogP contribution in [0.5, 0.6) is 0 Å². The van der Waals surface area contributed by atoms with Gasteiger partial charge >= 0.3 is 0 Å². The molecule has 0 radical (unpaired) electrons. The third kappa shape index (κ3) is 9.52. The van der Waals surface area contributed by atoms with Gasteiger partial charge in [0.2, 0.25) is 0 Å². The van der Waals surface area contributed by atoms with Crippen molar-refractivity contribution in [3.63, 3.8) is 0 Å². The molecule has 0 aliphatic rings. The minimum atomic E-state index is -1.09. The van der Waals surface area contributed by atoms with E-state index in [-0.39, 0.29) is 0 Å². The summed E-state index contributed by atoms with van der Waals surface area (Å²) in [5.41, 5.74) is 0. The van der Waals surface area contributed by atoms with Crippen molar-refractivity contribution in [2.75, 3.05) is 6.54 Å². The number of hydrogen-bond acceptors (Lipinski definition) is 1.